The minimum absolute atomic E-state index is 0.335. The van der Waals surface area contributed by atoms with Crippen LogP contribution in [0.2, 0.25) is 0 Å². The SMILES string of the molecule is CN(c1cccc(C#N)c1)c1ccc(C(F)(F)F)cc1Br. The van der Waals surface area contributed by atoms with Crippen LogP contribution in [0.3, 0.4) is 0 Å². The first-order valence-electron chi connectivity index (χ1n) is 5.93. The van der Waals surface area contributed by atoms with Gasteiger partial charge in [0.05, 0.1) is 22.9 Å². The van der Waals surface area contributed by atoms with E-state index in [0.29, 0.717) is 15.7 Å². The molecule has 2 nitrogen and oxygen atoms in total. The maximum absolute atomic E-state index is 12.7. The molecule has 0 spiro atoms. The first-order chi connectivity index (χ1) is 9.82. The normalized spacial score (nSPS) is 11.0. The lowest BCUT2D eigenvalue weighted by Gasteiger charge is -2.22. The fourth-order valence-electron chi connectivity index (χ4n) is 1.88. The zero-order valence-electron chi connectivity index (χ0n) is 10.9. The van der Waals surface area contributed by atoms with Crippen LogP contribution in [0.1, 0.15) is 11.1 Å². The fourth-order valence-corrected chi connectivity index (χ4v) is 2.52. The topological polar surface area (TPSA) is 27.0 Å². The molecule has 0 aromatic heterocycles. The number of nitriles is 1. The third-order valence-corrected chi connectivity index (χ3v) is 3.63. The van der Waals surface area contributed by atoms with E-state index in [1.54, 1.807) is 36.2 Å². The maximum Gasteiger partial charge on any atom is 0.416 e. The minimum atomic E-state index is -4.37. The molecule has 0 N–H and O–H groups in total. The van der Waals surface area contributed by atoms with Gasteiger partial charge in [0.2, 0.25) is 0 Å². The second-order valence-corrected chi connectivity index (χ2v) is 5.24. The van der Waals surface area contributed by atoms with E-state index >= 15 is 0 Å². The molecule has 0 bridgehead atoms. The van der Waals surface area contributed by atoms with Gasteiger partial charge in [-0.15, -0.1) is 0 Å². The van der Waals surface area contributed by atoms with Crippen molar-refractivity contribution in [3.8, 4) is 6.07 Å². The zero-order chi connectivity index (χ0) is 15.6. The van der Waals surface area contributed by atoms with Gasteiger partial charge in [0.25, 0.3) is 0 Å². The van der Waals surface area contributed by atoms with E-state index in [1.807, 2.05) is 6.07 Å². The number of hydrogen-bond donors (Lipinski definition) is 0. The van der Waals surface area contributed by atoms with Gasteiger partial charge >= 0.3 is 6.18 Å². The second kappa shape index (κ2) is 5.78. The first kappa shape index (κ1) is 15.4. The summed E-state index contributed by atoms with van der Waals surface area (Å²) in [7, 11) is 1.73. The van der Waals surface area contributed by atoms with Crippen LogP contribution in [-0.4, -0.2) is 7.05 Å². The van der Waals surface area contributed by atoms with E-state index < -0.39 is 11.7 Å². The van der Waals surface area contributed by atoms with Gasteiger partial charge in [0.15, 0.2) is 0 Å². The Morgan fingerprint density at radius 3 is 2.43 bits per heavy atom. The van der Waals surface area contributed by atoms with Crippen molar-refractivity contribution in [2.24, 2.45) is 0 Å². The highest BCUT2D eigenvalue weighted by Crippen LogP contribution is 2.37. The Bertz CT molecular complexity index is 705. The summed E-state index contributed by atoms with van der Waals surface area (Å²) in [4.78, 5) is 1.71. The van der Waals surface area contributed by atoms with Gasteiger partial charge in [-0.2, -0.15) is 18.4 Å². The molecule has 0 saturated carbocycles. The number of halogens is 4. The number of rotatable bonds is 2. The molecule has 0 unspecified atom stereocenters. The Balaban J connectivity index is 2.40. The molecular formula is C15H10BrF3N2. The number of benzene rings is 2. The van der Waals surface area contributed by atoms with E-state index in [1.165, 1.54) is 6.07 Å². The second-order valence-electron chi connectivity index (χ2n) is 4.39. The lowest BCUT2D eigenvalue weighted by atomic mass is 10.1. The highest BCUT2D eigenvalue weighted by atomic mass is 79.9. The Kier molecular flexibility index (Phi) is 4.24. The van der Waals surface area contributed by atoms with Gasteiger partial charge in [-0.05, 0) is 52.3 Å². The van der Waals surface area contributed by atoms with Crippen molar-refractivity contribution >= 4 is 27.3 Å². The summed E-state index contributed by atoms with van der Waals surface area (Å²) >= 11 is 3.17. The largest absolute Gasteiger partial charge is 0.416 e. The lowest BCUT2D eigenvalue weighted by Crippen LogP contribution is -2.11. The van der Waals surface area contributed by atoms with Gasteiger partial charge in [0.1, 0.15) is 0 Å². The molecule has 2 aromatic rings. The summed E-state index contributed by atoms with van der Waals surface area (Å²) in [6.45, 7) is 0. The summed E-state index contributed by atoms with van der Waals surface area (Å²) < 4.78 is 38.3. The van der Waals surface area contributed by atoms with Crippen LogP contribution in [0.15, 0.2) is 46.9 Å². The maximum atomic E-state index is 12.7. The zero-order valence-corrected chi connectivity index (χ0v) is 12.5. The van der Waals surface area contributed by atoms with Crippen LogP contribution in [0.25, 0.3) is 0 Å². The van der Waals surface area contributed by atoms with Crippen LogP contribution >= 0.6 is 15.9 Å². The van der Waals surface area contributed by atoms with Gasteiger partial charge in [0, 0.05) is 17.2 Å². The smallest absolute Gasteiger partial charge is 0.344 e. The molecule has 0 atom stereocenters. The summed E-state index contributed by atoms with van der Waals surface area (Å²) in [5, 5.41) is 8.89. The van der Waals surface area contributed by atoms with E-state index in [9.17, 15) is 13.2 Å². The summed E-state index contributed by atoms with van der Waals surface area (Å²) in [5.74, 6) is 0. The van der Waals surface area contributed by atoms with Gasteiger partial charge in [-0.1, -0.05) is 6.07 Å². The van der Waals surface area contributed by atoms with Gasteiger partial charge in [-0.25, -0.2) is 0 Å². The van der Waals surface area contributed by atoms with Crippen LogP contribution in [-0.2, 0) is 6.18 Å². The highest BCUT2D eigenvalue weighted by Gasteiger charge is 2.31. The van der Waals surface area contributed by atoms with E-state index in [4.69, 9.17) is 5.26 Å². The Morgan fingerprint density at radius 1 is 1.14 bits per heavy atom. The predicted octanol–water partition coefficient (Wildman–Crippen LogP) is 5.11. The summed E-state index contributed by atoms with van der Waals surface area (Å²) in [5.41, 5.74) is 1.08. The average Bonchev–Trinajstić information content (AvgIpc) is 2.45. The standard InChI is InChI=1S/C15H10BrF3N2/c1-21(12-4-2-3-10(7-12)9-20)14-6-5-11(8-13(14)16)15(17,18)19/h2-8H,1H3. The molecule has 0 saturated heterocycles. The molecule has 108 valence electrons. The van der Waals surface area contributed by atoms with Crippen molar-refractivity contribution in [3.63, 3.8) is 0 Å². The minimum Gasteiger partial charge on any atom is -0.344 e. The molecule has 0 aliphatic carbocycles. The highest BCUT2D eigenvalue weighted by molar-refractivity contribution is 9.10. The summed E-state index contributed by atoms with van der Waals surface area (Å²) in [6, 6.07) is 12.3. The first-order valence-corrected chi connectivity index (χ1v) is 6.73. The fraction of sp³-hybridized carbons (Fsp3) is 0.133. The number of hydrogen-bond acceptors (Lipinski definition) is 2. The van der Waals surface area contributed by atoms with Crippen molar-refractivity contribution in [2.45, 2.75) is 6.18 Å². The van der Waals surface area contributed by atoms with Crippen molar-refractivity contribution in [2.75, 3.05) is 11.9 Å². The predicted molar refractivity (Wildman–Crippen MR) is 78.4 cm³/mol. The Hall–Kier alpha value is -2.00. The molecule has 21 heavy (non-hydrogen) atoms. The van der Waals surface area contributed by atoms with Crippen molar-refractivity contribution in [3.05, 3.63) is 58.1 Å². The van der Waals surface area contributed by atoms with Crippen LogP contribution in [0, 0.1) is 11.3 Å². The molecule has 0 amide bonds. The molecule has 2 rings (SSSR count). The van der Waals surface area contributed by atoms with E-state index in [-0.39, 0.29) is 0 Å². The third kappa shape index (κ3) is 3.37. The summed E-state index contributed by atoms with van der Waals surface area (Å²) in [6.07, 6.45) is -4.37. The number of anilines is 2. The molecule has 0 aliphatic rings. The number of nitrogens with zero attached hydrogens (tertiary/aromatic N) is 2. The van der Waals surface area contributed by atoms with Gasteiger partial charge in [-0.3, -0.25) is 0 Å². The quantitative estimate of drug-likeness (QED) is 0.749. The molecule has 0 aliphatic heterocycles. The Morgan fingerprint density at radius 2 is 1.86 bits per heavy atom. The molecule has 6 heteroatoms. The van der Waals surface area contributed by atoms with Gasteiger partial charge < -0.3 is 4.90 Å². The Labute approximate surface area is 128 Å². The lowest BCUT2D eigenvalue weighted by molar-refractivity contribution is -0.137. The molecule has 0 fully saturated rings. The van der Waals surface area contributed by atoms with E-state index in [0.717, 1.165) is 17.8 Å². The van der Waals surface area contributed by atoms with E-state index in [2.05, 4.69) is 15.9 Å². The molecular weight excluding hydrogens is 345 g/mol. The van der Waals surface area contributed by atoms with Crippen molar-refractivity contribution in [1.29, 1.82) is 5.26 Å². The molecule has 0 radical (unpaired) electrons. The van der Waals surface area contributed by atoms with Crippen LogP contribution in [0.5, 0.6) is 0 Å². The van der Waals surface area contributed by atoms with Crippen molar-refractivity contribution in [1.82, 2.24) is 0 Å². The monoisotopic (exact) mass is 354 g/mol. The molecule has 0 heterocycles. The van der Waals surface area contributed by atoms with Crippen molar-refractivity contribution < 1.29 is 13.2 Å². The van der Waals surface area contributed by atoms with Crippen LogP contribution < -0.4 is 4.90 Å². The molecule has 2 aromatic carbocycles. The van der Waals surface area contributed by atoms with Crippen LogP contribution in [0.4, 0.5) is 24.5 Å². The number of alkyl halides is 3. The third-order valence-electron chi connectivity index (χ3n) is 3.00. The average molecular weight is 355 g/mol.